The Morgan fingerprint density at radius 1 is 1.07 bits per heavy atom. The normalized spacial score (nSPS) is 13.7. The summed E-state index contributed by atoms with van der Waals surface area (Å²) in [5.74, 6) is 1.05. The van der Waals surface area contributed by atoms with Crippen LogP contribution in [0.15, 0.2) is 42.5 Å². The van der Waals surface area contributed by atoms with Crippen LogP contribution in [0.25, 0.3) is 0 Å². The van der Waals surface area contributed by atoms with Gasteiger partial charge in [-0.15, -0.1) is 0 Å². The maximum Gasteiger partial charge on any atom is 0.335 e. The first-order chi connectivity index (χ1) is 13.5. The molecule has 6 nitrogen and oxygen atoms in total. The number of ether oxygens (including phenoxy) is 2. The lowest BCUT2D eigenvalue weighted by Gasteiger charge is -2.39. The van der Waals surface area contributed by atoms with Crippen LogP contribution in [0.2, 0.25) is 0 Å². The van der Waals surface area contributed by atoms with Gasteiger partial charge in [-0.2, -0.15) is 0 Å². The Bertz CT molecular complexity index is 836. The van der Waals surface area contributed by atoms with E-state index in [4.69, 9.17) is 9.47 Å². The summed E-state index contributed by atoms with van der Waals surface area (Å²) in [6.07, 6.45) is 1.62. The molecule has 6 heteroatoms. The average molecular weight is 383 g/mol. The molecule has 1 N–H and O–H groups in total. The summed E-state index contributed by atoms with van der Waals surface area (Å²) in [5, 5.41) is 9.23. The standard InChI is InChI=1S/C22H25NO5/c1-27-18-10-15(11-19(12-18)28-2)9-16-13-23(14-16)21(24)8-7-17-5-3-4-6-20(17)22(25)26/h3-6,10-12,16H,7-9,13-14H2,1-2H3,(H,25,26). The number of hydrogen-bond acceptors (Lipinski definition) is 4. The molecule has 0 bridgehead atoms. The minimum atomic E-state index is -0.958. The largest absolute Gasteiger partial charge is 0.497 e. The molecule has 1 aliphatic heterocycles. The van der Waals surface area contributed by atoms with Gasteiger partial charge in [0.05, 0.1) is 19.8 Å². The van der Waals surface area contributed by atoms with Gasteiger partial charge in [-0.3, -0.25) is 4.79 Å². The Labute approximate surface area is 164 Å². The van der Waals surface area contributed by atoms with E-state index < -0.39 is 5.97 Å². The van der Waals surface area contributed by atoms with Crippen LogP contribution in [0.3, 0.4) is 0 Å². The number of carbonyl (C=O) groups excluding carboxylic acids is 1. The van der Waals surface area contributed by atoms with E-state index >= 15 is 0 Å². The minimum Gasteiger partial charge on any atom is -0.497 e. The maximum atomic E-state index is 12.4. The van der Waals surface area contributed by atoms with Crippen LogP contribution in [0.5, 0.6) is 11.5 Å². The van der Waals surface area contributed by atoms with Crippen LogP contribution in [-0.2, 0) is 17.6 Å². The minimum absolute atomic E-state index is 0.0691. The van der Waals surface area contributed by atoms with Crippen molar-refractivity contribution in [3.05, 3.63) is 59.2 Å². The van der Waals surface area contributed by atoms with Crippen LogP contribution < -0.4 is 9.47 Å². The molecule has 0 saturated carbocycles. The molecule has 1 aliphatic rings. The molecule has 1 fully saturated rings. The lowest BCUT2D eigenvalue weighted by molar-refractivity contribution is -0.137. The van der Waals surface area contributed by atoms with E-state index in [1.54, 1.807) is 38.5 Å². The van der Waals surface area contributed by atoms with Crippen molar-refractivity contribution in [3.63, 3.8) is 0 Å². The number of benzene rings is 2. The molecule has 1 amide bonds. The highest BCUT2D eigenvalue weighted by Crippen LogP contribution is 2.27. The van der Waals surface area contributed by atoms with Gasteiger partial charge in [0.2, 0.25) is 5.91 Å². The Balaban J connectivity index is 1.50. The highest BCUT2D eigenvalue weighted by Gasteiger charge is 2.30. The third-order valence-electron chi connectivity index (χ3n) is 5.10. The van der Waals surface area contributed by atoms with Crippen molar-refractivity contribution >= 4 is 11.9 Å². The quantitative estimate of drug-likeness (QED) is 0.758. The van der Waals surface area contributed by atoms with Gasteiger partial charge < -0.3 is 19.5 Å². The molecule has 0 aromatic heterocycles. The molecule has 0 spiro atoms. The van der Waals surface area contributed by atoms with Crippen LogP contribution in [-0.4, -0.2) is 49.2 Å². The van der Waals surface area contributed by atoms with Crippen LogP contribution in [0.1, 0.15) is 27.9 Å². The summed E-state index contributed by atoms with van der Waals surface area (Å²) < 4.78 is 10.6. The van der Waals surface area contributed by atoms with Crippen molar-refractivity contribution < 1.29 is 24.2 Å². The molecule has 1 saturated heterocycles. The first-order valence-corrected chi connectivity index (χ1v) is 9.31. The third-order valence-corrected chi connectivity index (χ3v) is 5.10. The summed E-state index contributed by atoms with van der Waals surface area (Å²) in [6.45, 7) is 1.44. The van der Waals surface area contributed by atoms with Crippen LogP contribution in [0.4, 0.5) is 0 Å². The molecule has 3 rings (SSSR count). The number of amides is 1. The second-order valence-electron chi connectivity index (χ2n) is 7.05. The van der Waals surface area contributed by atoms with E-state index in [-0.39, 0.29) is 11.5 Å². The van der Waals surface area contributed by atoms with E-state index in [2.05, 4.69) is 0 Å². The average Bonchev–Trinajstić information content (AvgIpc) is 2.68. The number of nitrogens with zero attached hydrogens (tertiary/aromatic N) is 1. The van der Waals surface area contributed by atoms with Crippen molar-refractivity contribution in [1.82, 2.24) is 4.90 Å². The summed E-state index contributed by atoms with van der Waals surface area (Å²) in [5.41, 5.74) is 2.09. The lowest BCUT2D eigenvalue weighted by Crippen LogP contribution is -2.50. The number of rotatable bonds is 8. The fourth-order valence-corrected chi connectivity index (χ4v) is 3.57. The highest BCUT2D eigenvalue weighted by atomic mass is 16.5. The van der Waals surface area contributed by atoms with Crippen molar-refractivity contribution in [2.24, 2.45) is 5.92 Å². The second-order valence-corrected chi connectivity index (χ2v) is 7.05. The predicted molar refractivity (Wildman–Crippen MR) is 105 cm³/mol. The molecule has 2 aromatic rings. The Hall–Kier alpha value is -3.02. The Morgan fingerprint density at radius 3 is 2.32 bits per heavy atom. The summed E-state index contributed by atoms with van der Waals surface area (Å²) >= 11 is 0. The highest BCUT2D eigenvalue weighted by molar-refractivity contribution is 5.89. The van der Waals surface area contributed by atoms with E-state index in [1.807, 2.05) is 23.1 Å². The van der Waals surface area contributed by atoms with Crippen LogP contribution >= 0.6 is 0 Å². The Morgan fingerprint density at radius 2 is 1.71 bits per heavy atom. The fourth-order valence-electron chi connectivity index (χ4n) is 3.57. The molecule has 148 valence electrons. The fraction of sp³-hybridized carbons (Fsp3) is 0.364. The van der Waals surface area contributed by atoms with Gasteiger partial charge in [-0.1, -0.05) is 18.2 Å². The number of carboxylic acids is 1. The van der Waals surface area contributed by atoms with Gasteiger partial charge in [0, 0.05) is 25.6 Å². The van der Waals surface area contributed by atoms with Crippen molar-refractivity contribution in [1.29, 1.82) is 0 Å². The number of aryl methyl sites for hydroxylation is 1. The number of carboxylic acid groups (broad SMARTS) is 1. The summed E-state index contributed by atoms with van der Waals surface area (Å²) in [7, 11) is 3.26. The third kappa shape index (κ3) is 4.63. The lowest BCUT2D eigenvalue weighted by atomic mass is 9.91. The van der Waals surface area contributed by atoms with Gasteiger partial charge in [0.25, 0.3) is 0 Å². The summed E-state index contributed by atoms with van der Waals surface area (Å²) in [6, 6.07) is 12.7. The van der Waals surface area contributed by atoms with Gasteiger partial charge in [0.15, 0.2) is 0 Å². The number of methoxy groups -OCH3 is 2. The van der Waals surface area contributed by atoms with E-state index in [1.165, 1.54) is 0 Å². The second kappa shape index (κ2) is 8.78. The number of aromatic carboxylic acids is 1. The number of carbonyl (C=O) groups is 2. The molecule has 0 aliphatic carbocycles. The Kier molecular flexibility index (Phi) is 6.19. The SMILES string of the molecule is COc1cc(CC2CN(C(=O)CCc3ccccc3C(=O)O)C2)cc(OC)c1. The van der Waals surface area contributed by atoms with Gasteiger partial charge in [0.1, 0.15) is 11.5 Å². The molecule has 0 unspecified atom stereocenters. The van der Waals surface area contributed by atoms with Gasteiger partial charge >= 0.3 is 5.97 Å². The molecule has 0 atom stereocenters. The van der Waals surface area contributed by atoms with Gasteiger partial charge in [-0.25, -0.2) is 4.79 Å². The van der Waals surface area contributed by atoms with E-state index in [0.717, 1.165) is 36.6 Å². The zero-order valence-corrected chi connectivity index (χ0v) is 16.2. The first kappa shape index (κ1) is 19.7. The summed E-state index contributed by atoms with van der Waals surface area (Å²) in [4.78, 5) is 25.5. The molecule has 2 aromatic carbocycles. The van der Waals surface area contributed by atoms with Crippen LogP contribution in [0, 0.1) is 5.92 Å². The van der Waals surface area contributed by atoms with E-state index in [0.29, 0.717) is 24.3 Å². The van der Waals surface area contributed by atoms with E-state index in [9.17, 15) is 14.7 Å². The molecular weight excluding hydrogens is 358 g/mol. The zero-order chi connectivity index (χ0) is 20.1. The number of hydrogen-bond donors (Lipinski definition) is 1. The molecular formula is C22H25NO5. The molecule has 28 heavy (non-hydrogen) atoms. The molecule has 1 heterocycles. The van der Waals surface area contributed by atoms with Crippen molar-refractivity contribution in [2.75, 3.05) is 27.3 Å². The smallest absolute Gasteiger partial charge is 0.335 e. The van der Waals surface area contributed by atoms with Gasteiger partial charge in [-0.05, 0) is 48.1 Å². The number of likely N-dealkylation sites (tertiary alicyclic amines) is 1. The zero-order valence-electron chi connectivity index (χ0n) is 16.2. The maximum absolute atomic E-state index is 12.4. The predicted octanol–water partition coefficient (Wildman–Crippen LogP) is 3.04. The molecule has 0 radical (unpaired) electrons. The van der Waals surface area contributed by atoms with Crippen molar-refractivity contribution in [2.45, 2.75) is 19.3 Å². The first-order valence-electron chi connectivity index (χ1n) is 9.31. The van der Waals surface area contributed by atoms with Crippen molar-refractivity contribution in [3.8, 4) is 11.5 Å². The topological polar surface area (TPSA) is 76.1 Å². The monoisotopic (exact) mass is 383 g/mol.